The van der Waals surface area contributed by atoms with E-state index in [-0.39, 0.29) is 0 Å². The van der Waals surface area contributed by atoms with Crippen LogP contribution in [0.3, 0.4) is 0 Å². The number of fused-ring (bicyclic) bond motifs is 1. The van der Waals surface area contributed by atoms with Crippen molar-refractivity contribution < 1.29 is 4.39 Å². The summed E-state index contributed by atoms with van der Waals surface area (Å²) >= 11 is 0. The molecule has 1 N–H and O–H groups in total. The highest BCUT2D eigenvalue weighted by atomic mass is 19.1. The molecule has 31 heavy (non-hydrogen) atoms. The number of benzene rings is 2. The first-order valence-corrected chi connectivity index (χ1v) is 11.1. The van der Waals surface area contributed by atoms with Gasteiger partial charge in [-0.1, -0.05) is 30.3 Å². The molecule has 160 valence electrons. The minimum absolute atomic E-state index is 0.426. The summed E-state index contributed by atoms with van der Waals surface area (Å²) in [4.78, 5) is 5.57. The maximum Gasteiger partial charge on any atom is 0.123 e. The topological polar surface area (TPSA) is 49.7 Å². The zero-order valence-corrected chi connectivity index (χ0v) is 17.6. The molecule has 0 amide bonds. The van der Waals surface area contributed by atoms with Crippen LogP contribution >= 0.6 is 0 Å². The number of nitrogens with one attached hydrogen (secondary N) is 1. The van der Waals surface area contributed by atoms with Gasteiger partial charge in [-0.3, -0.25) is 4.57 Å². The quantitative estimate of drug-likeness (QED) is 0.479. The van der Waals surface area contributed by atoms with Gasteiger partial charge in [0.2, 0.25) is 0 Å². The molecule has 3 heterocycles. The molecule has 0 spiro atoms. The Morgan fingerprint density at radius 2 is 1.81 bits per heavy atom. The van der Waals surface area contributed by atoms with Crippen molar-refractivity contribution in [2.24, 2.45) is 5.92 Å². The Morgan fingerprint density at radius 3 is 2.58 bits per heavy atom. The van der Waals surface area contributed by atoms with E-state index in [0.717, 1.165) is 54.5 Å². The highest BCUT2D eigenvalue weighted by molar-refractivity contribution is 5.85. The van der Waals surface area contributed by atoms with Crippen molar-refractivity contribution in [3.8, 4) is 5.69 Å². The molecule has 1 aliphatic rings. The molecular weight excluding hydrogens is 389 g/mol. The molecule has 2 aromatic carbocycles. The second-order valence-electron chi connectivity index (χ2n) is 8.65. The zero-order chi connectivity index (χ0) is 21.0. The van der Waals surface area contributed by atoms with E-state index in [1.165, 1.54) is 5.56 Å². The molecule has 1 aliphatic heterocycles. The van der Waals surface area contributed by atoms with Crippen LogP contribution in [0.1, 0.15) is 24.0 Å². The van der Waals surface area contributed by atoms with E-state index in [4.69, 9.17) is 0 Å². The van der Waals surface area contributed by atoms with Crippen LogP contribution in [-0.4, -0.2) is 50.5 Å². The summed E-state index contributed by atoms with van der Waals surface area (Å²) in [6, 6.07) is 16.8. The van der Waals surface area contributed by atoms with Crippen molar-refractivity contribution in [2.75, 3.05) is 19.6 Å². The Labute approximate surface area is 181 Å². The minimum Gasteiger partial charge on any atom is -0.361 e. The predicted octanol–water partition coefficient (Wildman–Crippen LogP) is 4.58. The predicted molar refractivity (Wildman–Crippen MR) is 121 cm³/mol. The average Bonchev–Trinajstić information content (AvgIpc) is 3.46. The Hall–Kier alpha value is -2.99. The van der Waals surface area contributed by atoms with Gasteiger partial charge in [0.15, 0.2) is 0 Å². The minimum atomic E-state index is -0.872. The van der Waals surface area contributed by atoms with Gasteiger partial charge in [0.25, 0.3) is 0 Å². The van der Waals surface area contributed by atoms with Crippen LogP contribution in [0.4, 0.5) is 4.39 Å². The molecule has 1 atom stereocenters. The van der Waals surface area contributed by atoms with Crippen molar-refractivity contribution in [1.29, 1.82) is 0 Å². The SMILES string of the molecule is F[C@H](Cc1c[nH]c2ccc(-n3cnnc3)cc12)CN1CCC(Cc2ccccc2)CC1. The van der Waals surface area contributed by atoms with Crippen LogP contribution in [0.2, 0.25) is 0 Å². The smallest absolute Gasteiger partial charge is 0.123 e. The third kappa shape index (κ3) is 4.69. The maximum atomic E-state index is 15.0. The lowest BCUT2D eigenvalue weighted by molar-refractivity contribution is 0.140. The first-order chi connectivity index (χ1) is 15.2. The first-order valence-electron chi connectivity index (χ1n) is 11.1. The number of hydrogen-bond acceptors (Lipinski definition) is 3. The van der Waals surface area contributed by atoms with Gasteiger partial charge in [-0.2, -0.15) is 0 Å². The Morgan fingerprint density at radius 1 is 1.03 bits per heavy atom. The second kappa shape index (κ2) is 9.02. The van der Waals surface area contributed by atoms with E-state index in [0.29, 0.717) is 18.9 Å². The molecule has 2 aromatic heterocycles. The van der Waals surface area contributed by atoms with Gasteiger partial charge in [-0.15, -0.1) is 10.2 Å². The fourth-order valence-corrected chi connectivity index (χ4v) is 4.73. The zero-order valence-electron chi connectivity index (χ0n) is 17.6. The van der Waals surface area contributed by atoms with E-state index in [9.17, 15) is 0 Å². The summed E-state index contributed by atoms with van der Waals surface area (Å²) in [5, 5.41) is 8.81. The van der Waals surface area contributed by atoms with Gasteiger partial charge in [0, 0.05) is 35.8 Å². The number of likely N-dealkylation sites (tertiary alicyclic amines) is 1. The number of rotatable bonds is 7. The van der Waals surface area contributed by atoms with E-state index < -0.39 is 6.17 Å². The molecule has 0 unspecified atom stereocenters. The van der Waals surface area contributed by atoms with Gasteiger partial charge >= 0.3 is 0 Å². The van der Waals surface area contributed by atoms with Crippen LogP contribution in [0, 0.1) is 5.92 Å². The third-order valence-corrected chi connectivity index (χ3v) is 6.44. The highest BCUT2D eigenvalue weighted by Gasteiger charge is 2.22. The fourth-order valence-electron chi connectivity index (χ4n) is 4.73. The van der Waals surface area contributed by atoms with Crippen molar-refractivity contribution in [3.05, 3.63) is 78.5 Å². The fraction of sp³-hybridized carbons (Fsp3) is 0.360. The number of aromatic amines is 1. The van der Waals surface area contributed by atoms with Crippen molar-refractivity contribution in [1.82, 2.24) is 24.6 Å². The summed E-state index contributed by atoms with van der Waals surface area (Å²) in [6.45, 7) is 2.49. The van der Waals surface area contributed by atoms with Gasteiger partial charge in [-0.25, -0.2) is 4.39 Å². The number of alkyl halides is 1. The van der Waals surface area contributed by atoms with E-state index in [1.807, 2.05) is 22.9 Å². The molecule has 5 rings (SSSR count). The number of halogens is 1. The van der Waals surface area contributed by atoms with E-state index in [1.54, 1.807) is 12.7 Å². The summed E-state index contributed by atoms with van der Waals surface area (Å²) in [7, 11) is 0. The third-order valence-electron chi connectivity index (χ3n) is 6.44. The summed E-state index contributed by atoms with van der Waals surface area (Å²) < 4.78 is 16.9. The molecule has 0 saturated carbocycles. The van der Waals surface area contributed by atoms with Crippen molar-refractivity contribution in [3.63, 3.8) is 0 Å². The Balaban J connectivity index is 1.17. The molecule has 6 heteroatoms. The van der Waals surface area contributed by atoms with E-state index >= 15 is 4.39 Å². The van der Waals surface area contributed by atoms with Gasteiger partial charge in [-0.05, 0) is 67.6 Å². The molecular formula is C25H28FN5. The molecule has 0 bridgehead atoms. The molecule has 1 saturated heterocycles. The summed E-state index contributed by atoms with van der Waals surface area (Å²) in [6.07, 6.45) is 8.28. The average molecular weight is 418 g/mol. The number of nitrogens with zero attached hydrogens (tertiary/aromatic N) is 4. The Kier molecular flexibility index (Phi) is 5.80. The van der Waals surface area contributed by atoms with Crippen LogP contribution in [0.15, 0.2) is 67.4 Å². The molecule has 5 nitrogen and oxygen atoms in total. The lowest BCUT2D eigenvalue weighted by Gasteiger charge is -2.32. The molecule has 0 aliphatic carbocycles. The van der Waals surface area contributed by atoms with Crippen LogP contribution in [-0.2, 0) is 12.8 Å². The second-order valence-corrected chi connectivity index (χ2v) is 8.65. The molecule has 4 aromatic rings. The monoisotopic (exact) mass is 417 g/mol. The number of H-pyrrole nitrogens is 1. The molecule has 1 fully saturated rings. The van der Waals surface area contributed by atoms with Crippen LogP contribution in [0.25, 0.3) is 16.6 Å². The first kappa shape index (κ1) is 19.9. The number of piperidine rings is 1. The number of hydrogen-bond donors (Lipinski definition) is 1. The Bertz CT molecular complexity index is 1100. The lowest BCUT2D eigenvalue weighted by Crippen LogP contribution is -2.38. The number of aromatic nitrogens is 4. The normalized spacial score (nSPS) is 16.7. The van der Waals surface area contributed by atoms with E-state index in [2.05, 4.69) is 56.5 Å². The maximum absolute atomic E-state index is 15.0. The van der Waals surface area contributed by atoms with Crippen molar-refractivity contribution >= 4 is 10.9 Å². The largest absolute Gasteiger partial charge is 0.361 e. The summed E-state index contributed by atoms with van der Waals surface area (Å²) in [5.74, 6) is 0.710. The highest BCUT2D eigenvalue weighted by Crippen LogP contribution is 2.25. The standard InChI is InChI=1S/C25H28FN5/c26-22(16-30-10-8-20(9-11-30)12-19-4-2-1-3-5-19)13-21-15-27-25-7-6-23(14-24(21)25)31-17-28-29-18-31/h1-7,14-15,17-18,20,22,27H,8-13,16H2/t22-/m1/s1. The van der Waals surface area contributed by atoms with Gasteiger partial charge in [0.05, 0.1) is 0 Å². The lowest BCUT2D eigenvalue weighted by atomic mass is 9.90. The summed E-state index contributed by atoms with van der Waals surface area (Å²) in [5.41, 5.74) is 4.45. The van der Waals surface area contributed by atoms with Crippen LogP contribution in [0.5, 0.6) is 0 Å². The van der Waals surface area contributed by atoms with Gasteiger partial charge in [0.1, 0.15) is 18.8 Å². The molecule has 0 radical (unpaired) electrons. The van der Waals surface area contributed by atoms with Gasteiger partial charge < -0.3 is 9.88 Å². The van der Waals surface area contributed by atoms with Crippen LogP contribution < -0.4 is 0 Å². The van der Waals surface area contributed by atoms with Crippen molar-refractivity contribution in [2.45, 2.75) is 31.9 Å².